The molecule has 1 aliphatic heterocycles. The van der Waals surface area contributed by atoms with E-state index in [1.807, 2.05) is 0 Å². The van der Waals surface area contributed by atoms with E-state index in [4.69, 9.17) is 9.84 Å². The van der Waals surface area contributed by atoms with Crippen molar-refractivity contribution in [2.24, 2.45) is 10.9 Å². The molecule has 2 N–H and O–H groups in total. The number of carboxylic acid groups (broad SMARTS) is 1. The lowest BCUT2D eigenvalue weighted by Gasteiger charge is -2.27. The second-order valence-corrected chi connectivity index (χ2v) is 8.83. The molecule has 5 rings (SSSR count). The number of nitrogens with zero attached hydrogens (tertiary/aromatic N) is 5. The molecule has 10 heteroatoms. The van der Waals surface area contributed by atoms with Gasteiger partial charge in [-0.25, -0.2) is 19.3 Å². The van der Waals surface area contributed by atoms with Gasteiger partial charge in [0.2, 0.25) is 0 Å². The Hall–Kier alpha value is -3.95. The lowest BCUT2D eigenvalue weighted by atomic mass is 9.85. The highest BCUT2D eigenvalue weighted by Crippen LogP contribution is 2.29. The molecular formula is C25H25FN6O3. The van der Waals surface area contributed by atoms with Crippen LogP contribution >= 0.6 is 0 Å². The van der Waals surface area contributed by atoms with E-state index in [1.54, 1.807) is 36.8 Å². The van der Waals surface area contributed by atoms with Crippen molar-refractivity contribution in [3.05, 3.63) is 60.1 Å². The standard InChI is InChI=1S/C25H25FN6O3/c26-20-4-2-1-3-19(20)24-30-23(31-32-24)16-7-10-21(27-12-16)17-13-28-25(29-14-17)35-18-8-5-15(6-9-18)11-22(33)34/h1-4,12-15,18H,5-11H2,(H,33,34)(H,30,31,32). The van der Waals surface area contributed by atoms with Crippen LogP contribution in [0, 0.1) is 11.7 Å². The van der Waals surface area contributed by atoms with Gasteiger partial charge in [0.25, 0.3) is 0 Å². The fraction of sp³-hybridized carbons (Fsp3) is 0.360. The number of H-pyrrole nitrogens is 1. The molecule has 0 saturated heterocycles. The van der Waals surface area contributed by atoms with Crippen molar-refractivity contribution < 1.29 is 19.0 Å². The fourth-order valence-electron chi connectivity index (χ4n) is 4.48. The van der Waals surface area contributed by atoms with Gasteiger partial charge in [0.05, 0.1) is 11.3 Å². The highest BCUT2D eigenvalue weighted by atomic mass is 19.1. The molecule has 2 aliphatic rings. The highest BCUT2D eigenvalue weighted by Gasteiger charge is 2.25. The second-order valence-electron chi connectivity index (χ2n) is 8.83. The quantitative estimate of drug-likeness (QED) is 0.516. The van der Waals surface area contributed by atoms with Gasteiger partial charge in [0.1, 0.15) is 11.9 Å². The third-order valence-corrected chi connectivity index (χ3v) is 6.40. The molecule has 3 heterocycles. The first kappa shape index (κ1) is 22.8. The van der Waals surface area contributed by atoms with Crippen LogP contribution in [0.2, 0.25) is 0 Å². The zero-order valence-electron chi connectivity index (χ0n) is 19.0. The van der Waals surface area contributed by atoms with Gasteiger partial charge in [-0.1, -0.05) is 12.1 Å². The van der Waals surface area contributed by atoms with Crippen LogP contribution in [0.1, 0.15) is 56.3 Å². The Kier molecular flexibility index (Phi) is 6.60. The van der Waals surface area contributed by atoms with Crippen molar-refractivity contribution in [2.75, 3.05) is 0 Å². The van der Waals surface area contributed by atoms with Crippen LogP contribution < -0.4 is 4.74 Å². The number of halogens is 1. The van der Waals surface area contributed by atoms with E-state index in [2.05, 4.69) is 30.1 Å². The molecule has 1 aromatic carbocycles. The first-order chi connectivity index (χ1) is 17.0. The number of aromatic nitrogens is 5. The van der Waals surface area contributed by atoms with Crippen molar-refractivity contribution in [2.45, 2.75) is 51.0 Å². The van der Waals surface area contributed by atoms with Gasteiger partial charge in [0, 0.05) is 36.2 Å². The summed E-state index contributed by atoms with van der Waals surface area (Å²) in [6.07, 6.45) is 10.0. The van der Waals surface area contributed by atoms with Crippen molar-refractivity contribution >= 4 is 17.3 Å². The van der Waals surface area contributed by atoms with Crippen LogP contribution in [-0.2, 0) is 4.79 Å². The third kappa shape index (κ3) is 5.42. The predicted molar refractivity (Wildman–Crippen MR) is 126 cm³/mol. The number of hydrogen-bond acceptors (Lipinski definition) is 7. The number of ether oxygens (including phenoxy) is 1. The molecule has 3 aromatic rings. The normalized spacial score (nSPS) is 20.1. The molecule has 0 amide bonds. The fourth-order valence-corrected chi connectivity index (χ4v) is 4.48. The lowest BCUT2D eigenvalue weighted by molar-refractivity contribution is -0.138. The number of carboxylic acids is 1. The van der Waals surface area contributed by atoms with E-state index in [-0.39, 0.29) is 24.3 Å². The molecule has 2 aromatic heterocycles. The van der Waals surface area contributed by atoms with Gasteiger partial charge in [-0.05, 0) is 56.6 Å². The molecule has 1 saturated carbocycles. The summed E-state index contributed by atoms with van der Waals surface area (Å²) in [5.74, 6) is 0.0122. The minimum absolute atomic E-state index is 0.0130. The van der Waals surface area contributed by atoms with Crippen LogP contribution in [0.3, 0.4) is 0 Å². The smallest absolute Gasteiger partial charge is 0.316 e. The molecule has 9 nitrogen and oxygen atoms in total. The van der Waals surface area contributed by atoms with Crippen molar-refractivity contribution in [3.63, 3.8) is 0 Å². The van der Waals surface area contributed by atoms with E-state index in [1.165, 1.54) is 6.07 Å². The number of hydrogen-bond donors (Lipinski definition) is 2. The third-order valence-electron chi connectivity index (χ3n) is 6.40. The molecule has 0 unspecified atom stereocenters. The first-order valence-electron chi connectivity index (χ1n) is 11.7. The molecule has 0 spiro atoms. The van der Waals surface area contributed by atoms with E-state index >= 15 is 0 Å². The SMILES string of the molecule is O=C(O)CC1CCC(Oc2ncc(C3=NC=C(c4n[nH]c(-c5ccccc5F)n4)CC3)cn2)CC1. The van der Waals surface area contributed by atoms with Gasteiger partial charge in [-0.3, -0.25) is 14.9 Å². The first-order valence-corrected chi connectivity index (χ1v) is 11.7. The average molecular weight is 477 g/mol. The minimum atomic E-state index is -0.742. The van der Waals surface area contributed by atoms with Gasteiger partial charge >= 0.3 is 12.0 Å². The van der Waals surface area contributed by atoms with E-state index in [0.717, 1.165) is 42.5 Å². The molecule has 0 atom stereocenters. The summed E-state index contributed by atoms with van der Waals surface area (Å²) in [6.45, 7) is 0. The monoisotopic (exact) mass is 476 g/mol. The zero-order chi connectivity index (χ0) is 24.2. The number of aromatic amines is 1. The Balaban J connectivity index is 1.20. The summed E-state index contributed by atoms with van der Waals surface area (Å²) >= 11 is 0. The van der Waals surface area contributed by atoms with Gasteiger partial charge in [-0.2, -0.15) is 5.10 Å². The average Bonchev–Trinajstić information content (AvgIpc) is 3.36. The summed E-state index contributed by atoms with van der Waals surface area (Å²) < 4.78 is 19.9. The zero-order valence-corrected chi connectivity index (χ0v) is 19.0. The number of carbonyl (C=O) groups is 1. The molecule has 0 radical (unpaired) electrons. The summed E-state index contributed by atoms with van der Waals surface area (Å²) in [5.41, 5.74) is 2.92. The molecule has 35 heavy (non-hydrogen) atoms. The Morgan fingerprint density at radius 1 is 1.11 bits per heavy atom. The Labute approximate surface area is 201 Å². The Morgan fingerprint density at radius 2 is 1.89 bits per heavy atom. The minimum Gasteiger partial charge on any atom is -0.481 e. The van der Waals surface area contributed by atoms with Crippen molar-refractivity contribution in [1.29, 1.82) is 0 Å². The number of nitrogens with one attached hydrogen (secondary N) is 1. The van der Waals surface area contributed by atoms with Crippen LogP contribution in [0.25, 0.3) is 17.0 Å². The number of aliphatic imine (C=N–C) groups is 1. The number of benzene rings is 1. The lowest BCUT2D eigenvalue weighted by Crippen LogP contribution is -2.26. The van der Waals surface area contributed by atoms with E-state index in [0.29, 0.717) is 36.1 Å². The van der Waals surface area contributed by atoms with Crippen LogP contribution in [0.5, 0.6) is 6.01 Å². The molecule has 1 fully saturated rings. The maximum absolute atomic E-state index is 14.0. The Morgan fingerprint density at radius 3 is 2.57 bits per heavy atom. The molecule has 0 bridgehead atoms. The second kappa shape index (κ2) is 10.1. The van der Waals surface area contributed by atoms with E-state index < -0.39 is 5.97 Å². The highest BCUT2D eigenvalue weighted by molar-refractivity contribution is 6.02. The van der Waals surface area contributed by atoms with Crippen LogP contribution in [0.15, 0.2) is 47.9 Å². The molecule has 180 valence electrons. The van der Waals surface area contributed by atoms with Gasteiger partial charge in [0.15, 0.2) is 11.6 Å². The van der Waals surface area contributed by atoms with Gasteiger partial charge < -0.3 is 9.84 Å². The van der Waals surface area contributed by atoms with Gasteiger partial charge in [-0.15, -0.1) is 0 Å². The maximum Gasteiger partial charge on any atom is 0.316 e. The predicted octanol–water partition coefficient (Wildman–Crippen LogP) is 4.44. The van der Waals surface area contributed by atoms with E-state index in [9.17, 15) is 9.18 Å². The number of rotatable bonds is 7. The summed E-state index contributed by atoms with van der Waals surface area (Å²) in [7, 11) is 0. The molecular weight excluding hydrogens is 451 g/mol. The van der Waals surface area contributed by atoms with Crippen molar-refractivity contribution in [1.82, 2.24) is 25.1 Å². The number of allylic oxidation sites excluding steroid dienone is 1. The number of aliphatic carboxylic acids is 1. The largest absolute Gasteiger partial charge is 0.481 e. The maximum atomic E-state index is 14.0. The van der Waals surface area contributed by atoms with Crippen molar-refractivity contribution in [3.8, 4) is 17.4 Å². The summed E-state index contributed by atoms with van der Waals surface area (Å²) in [5, 5.41) is 16.0. The van der Waals surface area contributed by atoms with Crippen LogP contribution in [-0.4, -0.2) is 48.0 Å². The Bertz CT molecular complexity index is 1260. The molecule has 1 aliphatic carbocycles. The van der Waals surface area contributed by atoms with Crippen LogP contribution in [0.4, 0.5) is 4.39 Å². The summed E-state index contributed by atoms with van der Waals surface area (Å²) in [6, 6.07) is 6.75. The summed E-state index contributed by atoms with van der Waals surface area (Å²) in [4.78, 5) is 28.5. The topological polar surface area (TPSA) is 126 Å².